The highest BCUT2D eigenvalue weighted by molar-refractivity contribution is 6.31. The number of aromatic nitrogens is 3. The first-order valence-corrected chi connectivity index (χ1v) is 11.3. The fourth-order valence-electron chi connectivity index (χ4n) is 4.48. The summed E-state index contributed by atoms with van der Waals surface area (Å²) in [6, 6.07) is 4.13. The third-order valence-electron chi connectivity index (χ3n) is 6.23. The first kappa shape index (κ1) is 21.2. The van der Waals surface area contributed by atoms with Gasteiger partial charge in [0.25, 0.3) is 5.91 Å². The maximum atomic E-state index is 14.0. The highest BCUT2D eigenvalue weighted by atomic mass is 35.5. The zero-order valence-electron chi connectivity index (χ0n) is 18.1. The van der Waals surface area contributed by atoms with Gasteiger partial charge in [-0.3, -0.25) is 4.79 Å². The zero-order chi connectivity index (χ0) is 22.4. The molecule has 0 aliphatic carbocycles. The van der Waals surface area contributed by atoms with Crippen LogP contribution >= 0.6 is 11.6 Å². The average Bonchev–Trinajstić information content (AvgIpc) is 3.22. The molecule has 32 heavy (non-hydrogen) atoms. The molecule has 3 aromatic rings. The third-order valence-corrected chi connectivity index (χ3v) is 6.78. The minimum atomic E-state index is -0.419. The second kappa shape index (κ2) is 8.33. The van der Waals surface area contributed by atoms with E-state index in [1.54, 1.807) is 9.42 Å². The van der Waals surface area contributed by atoms with Gasteiger partial charge in [-0.2, -0.15) is 5.10 Å². The number of carbonyl (C=O) groups is 1. The number of hydrogen-bond donors (Lipinski definition) is 1. The summed E-state index contributed by atoms with van der Waals surface area (Å²) < 4.78 is 21.9. The second-order valence-corrected chi connectivity index (χ2v) is 8.86. The van der Waals surface area contributed by atoms with Gasteiger partial charge >= 0.3 is 0 Å². The van der Waals surface area contributed by atoms with Crippen LogP contribution < -0.4 is 10.1 Å². The van der Waals surface area contributed by atoms with E-state index in [2.05, 4.69) is 15.4 Å². The lowest BCUT2D eigenvalue weighted by Crippen LogP contribution is -2.27. The van der Waals surface area contributed by atoms with Crippen molar-refractivity contribution in [1.82, 2.24) is 24.8 Å². The number of aryl methyl sites for hydroxylation is 2. The van der Waals surface area contributed by atoms with E-state index in [9.17, 15) is 9.18 Å². The van der Waals surface area contributed by atoms with Crippen molar-refractivity contribution in [1.29, 1.82) is 0 Å². The van der Waals surface area contributed by atoms with Crippen LogP contribution in [0.5, 0.6) is 5.75 Å². The van der Waals surface area contributed by atoms with Gasteiger partial charge in [0, 0.05) is 11.6 Å². The van der Waals surface area contributed by atoms with Gasteiger partial charge in [-0.05, 0) is 58.3 Å². The summed E-state index contributed by atoms with van der Waals surface area (Å²) in [5.74, 6) is -0.319. The standard InChI is InChI=1S/C23H25ClFN5O2/c1-13-21(24)14(2)30-22(27-13)18-11-29(12-19(18)28-30)23(31)17-6-5-15(25)10-20(17)32-16-4-3-8-26-9-7-16/h5-6,10,16,26H,3-4,7-9,11-12H2,1-2H3/t16-/m0/s1. The van der Waals surface area contributed by atoms with Crippen LogP contribution in [0.4, 0.5) is 4.39 Å². The zero-order valence-corrected chi connectivity index (χ0v) is 18.9. The Kier molecular flexibility index (Phi) is 5.51. The molecule has 0 saturated carbocycles. The molecule has 1 aromatic carbocycles. The van der Waals surface area contributed by atoms with E-state index >= 15 is 0 Å². The van der Waals surface area contributed by atoms with Gasteiger partial charge in [0.05, 0.1) is 40.8 Å². The largest absolute Gasteiger partial charge is 0.489 e. The van der Waals surface area contributed by atoms with Gasteiger partial charge in [0.15, 0.2) is 5.65 Å². The Morgan fingerprint density at radius 1 is 1.25 bits per heavy atom. The van der Waals surface area contributed by atoms with Crippen molar-refractivity contribution in [3.63, 3.8) is 0 Å². The molecular weight excluding hydrogens is 433 g/mol. The summed E-state index contributed by atoms with van der Waals surface area (Å²) in [6.07, 6.45) is 2.64. The fourth-order valence-corrected chi connectivity index (χ4v) is 4.60. The van der Waals surface area contributed by atoms with Gasteiger partial charge in [0.1, 0.15) is 17.7 Å². The van der Waals surface area contributed by atoms with Gasteiger partial charge in [-0.25, -0.2) is 13.9 Å². The summed E-state index contributed by atoms with van der Waals surface area (Å²) in [5.41, 5.74) is 4.37. The number of ether oxygens (including phenoxy) is 1. The predicted molar refractivity (Wildman–Crippen MR) is 119 cm³/mol. The number of rotatable bonds is 3. The minimum Gasteiger partial charge on any atom is -0.489 e. The molecule has 1 N–H and O–H groups in total. The van der Waals surface area contributed by atoms with E-state index in [0.717, 1.165) is 60.6 Å². The van der Waals surface area contributed by atoms with Gasteiger partial charge in [-0.15, -0.1) is 0 Å². The van der Waals surface area contributed by atoms with Crippen molar-refractivity contribution < 1.29 is 13.9 Å². The third kappa shape index (κ3) is 3.71. The number of benzene rings is 1. The molecule has 1 atom stereocenters. The highest BCUT2D eigenvalue weighted by Crippen LogP contribution is 2.32. The quantitative estimate of drug-likeness (QED) is 0.647. The van der Waals surface area contributed by atoms with Crippen molar-refractivity contribution in [2.75, 3.05) is 13.1 Å². The van der Waals surface area contributed by atoms with Crippen LogP contribution in [0.1, 0.15) is 52.3 Å². The van der Waals surface area contributed by atoms with Crippen LogP contribution in [0.25, 0.3) is 5.65 Å². The number of nitrogens with zero attached hydrogens (tertiary/aromatic N) is 4. The summed E-state index contributed by atoms with van der Waals surface area (Å²) in [7, 11) is 0. The maximum absolute atomic E-state index is 14.0. The van der Waals surface area contributed by atoms with E-state index in [1.807, 2.05) is 13.8 Å². The molecule has 4 heterocycles. The number of halogens is 2. The van der Waals surface area contributed by atoms with Crippen molar-refractivity contribution in [2.24, 2.45) is 0 Å². The Bertz CT molecular complexity index is 1200. The molecule has 0 bridgehead atoms. The molecule has 1 amide bonds. The van der Waals surface area contributed by atoms with Gasteiger partial charge in [-0.1, -0.05) is 11.6 Å². The molecule has 9 heteroatoms. The molecule has 2 aliphatic heterocycles. The van der Waals surface area contributed by atoms with E-state index in [0.29, 0.717) is 29.4 Å². The normalized spacial score (nSPS) is 18.6. The van der Waals surface area contributed by atoms with E-state index in [4.69, 9.17) is 16.3 Å². The first-order chi connectivity index (χ1) is 15.4. The molecular formula is C23H25ClFN5O2. The number of hydrogen-bond acceptors (Lipinski definition) is 5. The molecule has 1 fully saturated rings. The number of amides is 1. The number of carbonyl (C=O) groups excluding carboxylic acids is 1. The van der Waals surface area contributed by atoms with E-state index < -0.39 is 5.82 Å². The predicted octanol–water partition coefficient (Wildman–Crippen LogP) is 3.82. The topological polar surface area (TPSA) is 71.8 Å². The van der Waals surface area contributed by atoms with Crippen LogP contribution in [0.3, 0.4) is 0 Å². The van der Waals surface area contributed by atoms with Gasteiger partial charge in [0.2, 0.25) is 0 Å². The molecule has 7 nitrogen and oxygen atoms in total. The lowest BCUT2D eigenvalue weighted by atomic mass is 10.1. The molecule has 2 aliphatic rings. The summed E-state index contributed by atoms with van der Waals surface area (Å²) in [5, 5.41) is 8.57. The number of fused-ring (bicyclic) bond motifs is 3. The van der Waals surface area contributed by atoms with Crippen LogP contribution in [0.2, 0.25) is 5.02 Å². The second-order valence-electron chi connectivity index (χ2n) is 8.48. The van der Waals surface area contributed by atoms with Crippen LogP contribution in [0, 0.1) is 19.7 Å². The van der Waals surface area contributed by atoms with Crippen LogP contribution in [-0.4, -0.2) is 44.6 Å². The van der Waals surface area contributed by atoms with Crippen molar-refractivity contribution in [2.45, 2.75) is 52.3 Å². The monoisotopic (exact) mass is 457 g/mol. The highest BCUT2D eigenvalue weighted by Gasteiger charge is 2.32. The Morgan fingerprint density at radius 2 is 2.09 bits per heavy atom. The van der Waals surface area contributed by atoms with Gasteiger partial charge < -0.3 is 15.0 Å². The summed E-state index contributed by atoms with van der Waals surface area (Å²) in [4.78, 5) is 19.7. The average molecular weight is 458 g/mol. The Balaban J connectivity index is 1.42. The smallest absolute Gasteiger partial charge is 0.258 e. The molecule has 0 unspecified atom stereocenters. The number of nitrogens with one attached hydrogen (secondary N) is 1. The van der Waals surface area contributed by atoms with E-state index in [1.165, 1.54) is 18.2 Å². The lowest BCUT2D eigenvalue weighted by molar-refractivity contribution is 0.0741. The molecule has 168 valence electrons. The lowest BCUT2D eigenvalue weighted by Gasteiger charge is -2.22. The minimum absolute atomic E-state index is 0.0433. The summed E-state index contributed by atoms with van der Waals surface area (Å²) >= 11 is 6.32. The SMILES string of the molecule is Cc1nc2c3c(nn2c(C)c1Cl)CN(C(=O)c1ccc(F)cc1O[C@H]1CCCNCC1)C3. The molecule has 0 radical (unpaired) electrons. The Hall–Kier alpha value is -2.71. The van der Waals surface area contributed by atoms with Crippen molar-refractivity contribution in [3.8, 4) is 5.75 Å². The molecule has 0 spiro atoms. The Labute approximate surface area is 190 Å². The molecule has 2 aromatic heterocycles. The Morgan fingerprint density at radius 3 is 2.94 bits per heavy atom. The summed E-state index contributed by atoms with van der Waals surface area (Å²) in [6.45, 7) is 6.30. The van der Waals surface area contributed by atoms with E-state index in [-0.39, 0.29) is 12.0 Å². The van der Waals surface area contributed by atoms with Crippen LogP contribution in [-0.2, 0) is 13.1 Å². The van der Waals surface area contributed by atoms with Crippen molar-refractivity contribution in [3.05, 3.63) is 57.2 Å². The maximum Gasteiger partial charge on any atom is 0.258 e. The molecule has 5 rings (SSSR count). The first-order valence-electron chi connectivity index (χ1n) is 10.9. The van der Waals surface area contributed by atoms with Crippen LogP contribution in [0.15, 0.2) is 18.2 Å². The van der Waals surface area contributed by atoms with Crippen molar-refractivity contribution >= 4 is 23.2 Å². The fraction of sp³-hybridized carbons (Fsp3) is 0.435. The molecule has 1 saturated heterocycles.